The number of aliphatic hydroxyl groups is 2. The zero-order valence-corrected chi connectivity index (χ0v) is 24.3. The number of aliphatic hydroxyl groups excluding tert-OH is 2. The van der Waals surface area contributed by atoms with Gasteiger partial charge in [0.1, 0.15) is 17.1 Å². The van der Waals surface area contributed by atoms with E-state index in [2.05, 4.69) is 38.1 Å². The highest BCUT2D eigenvalue weighted by Gasteiger charge is 2.29. The lowest BCUT2D eigenvalue weighted by atomic mass is 9.90. The third-order valence-electron chi connectivity index (χ3n) is 8.36. The first-order valence-electron chi connectivity index (χ1n) is 14.5. The molecule has 4 aromatic heterocycles. The van der Waals surface area contributed by atoms with Crippen molar-refractivity contribution in [1.82, 2.24) is 34.6 Å². The van der Waals surface area contributed by atoms with Gasteiger partial charge in [0.25, 0.3) is 0 Å². The van der Waals surface area contributed by atoms with Crippen LogP contribution in [0.25, 0.3) is 16.8 Å². The monoisotopic (exact) mass is 612 g/mol. The summed E-state index contributed by atoms with van der Waals surface area (Å²) < 4.78 is 47.6. The van der Waals surface area contributed by atoms with Crippen molar-refractivity contribution in [3.63, 3.8) is 0 Å². The third-order valence-corrected chi connectivity index (χ3v) is 8.36. The topological polar surface area (TPSA) is 137 Å². The molecule has 0 aromatic carbocycles. The van der Waals surface area contributed by atoms with E-state index in [1.807, 2.05) is 0 Å². The average molecular weight is 613 g/mol. The number of pyridine rings is 2. The predicted octanol–water partition coefficient (Wildman–Crippen LogP) is 3.44. The third kappa shape index (κ3) is 6.64. The van der Waals surface area contributed by atoms with E-state index in [1.54, 1.807) is 12.3 Å². The number of hydrogen-bond donors (Lipinski definition) is 3. The van der Waals surface area contributed by atoms with Gasteiger partial charge in [-0.1, -0.05) is 0 Å². The first-order valence-corrected chi connectivity index (χ1v) is 14.5. The Morgan fingerprint density at radius 1 is 1.14 bits per heavy atom. The maximum Gasteiger partial charge on any atom is 0.185 e. The van der Waals surface area contributed by atoms with E-state index in [9.17, 15) is 18.3 Å². The second kappa shape index (κ2) is 14.1. The number of ether oxygens (including phenoxy) is 1. The molecule has 1 saturated carbocycles. The van der Waals surface area contributed by atoms with E-state index >= 15 is 0 Å². The molecule has 14 heteroatoms. The van der Waals surface area contributed by atoms with Crippen LogP contribution in [0.5, 0.6) is 5.75 Å². The molecule has 44 heavy (non-hydrogen) atoms. The minimum absolute atomic E-state index is 0.128. The fourth-order valence-electron chi connectivity index (χ4n) is 6.18. The summed E-state index contributed by atoms with van der Waals surface area (Å²) in [5.41, 5.74) is 4.13. The van der Waals surface area contributed by atoms with Crippen molar-refractivity contribution < 1.29 is 28.1 Å². The SMILES string of the molecule is Cc1c(-c2cc(OC(CO)c3ccc(F)cn3)c3c(F)cnn3c2)nn2c1CCN(C1CCC(NC#N)CC1)CC2.OCF. The summed E-state index contributed by atoms with van der Waals surface area (Å²) in [6.07, 6.45) is 10.1. The standard InChI is InChI=1S/C29H32F2N8O2.CH3FO/c1-18-25-8-9-37(22-5-3-21(4-6-22)34-17-32)10-11-38(25)36-28(18)19-12-26(29-23(31)14-35-39(29)15-19)41-27(16-40)24-7-2-20(30)13-33-24;2-1-3/h2,7,12-15,21-22,27,34,40H,3-6,8-11,16H2,1H3;3H,1H2. The van der Waals surface area contributed by atoms with Crippen LogP contribution in [0.3, 0.4) is 0 Å². The second-order valence-corrected chi connectivity index (χ2v) is 10.9. The molecule has 11 nitrogen and oxygen atoms in total. The number of nitriles is 1. The normalized spacial score (nSPS) is 19.3. The molecule has 0 bridgehead atoms. The fraction of sp³-hybridized carbons (Fsp3) is 0.467. The van der Waals surface area contributed by atoms with E-state index in [0.29, 0.717) is 17.3 Å². The number of halogens is 3. The molecule has 0 amide bonds. The highest BCUT2D eigenvalue weighted by atomic mass is 19.1. The summed E-state index contributed by atoms with van der Waals surface area (Å²) in [5.74, 6) is -0.891. The van der Waals surface area contributed by atoms with Crippen LogP contribution >= 0.6 is 0 Å². The molecule has 234 valence electrons. The van der Waals surface area contributed by atoms with Crippen molar-refractivity contribution in [2.45, 2.75) is 63.8 Å². The molecular formula is C30H35F3N8O3. The van der Waals surface area contributed by atoms with Crippen LogP contribution in [0, 0.1) is 30.0 Å². The van der Waals surface area contributed by atoms with Crippen LogP contribution in [-0.2, 0) is 13.0 Å². The van der Waals surface area contributed by atoms with Crippen molar-refractivity contribution in [3.05, 3.63) is 65.4 Å². The summed E-state index contributed by atoms with van der Waals surface area (Å²) in [6.45, 7) is 2.96. The molecule has 1 unspecified atom stereocenters. The van der Waals surface area contributed by atoms with Crippen molar-refractivity contribution in [2.75, 3.05) is 26.6 Å². The lowest BCUT2D eigenvalue weighted by Gasteiger charge is -2.35. The van der Waals surface area contributed by atoms with Gasteiger partial charge in [0.15, 0.2) is 25.0 Å². The van der Waals surface area contributed by atoms with Gasteiger partial charge in [-0.2, -0.15) is 15.5 Å². The largest absolute Gasteiger partial charge is 0.479 e. The number of fused-ring (bicyclic) bond motifs is 2. The molecule has 1 aliphatic heterocycles. The molecule has 3 N–H and O–H groups in total. The number of nitrogens with zero attached hydrogens (tertiary/aromatic N) is 7. The van der Waals surface area contributed by atoms with Gasteiger partial charge in [0.2, 0.25) is 0 Å². The Labute approximate surface area is 252 Å². The van der Waals surface area contributed by atoms with E-state index in [0.717, 1.165) is 75.4 Å². The average Bonchev–Trinajstić information content (AvgIpc) is 3.47. The van der Waals surface area contributed by atoms with Gasteiger partial charge in [0, 0.05) is 49.0 Å². The van der Waals surface area contributed by atoms with Crippen LogP contribution in [0.15, 0.2) is 36.8 Å². The Balaban J connectivity index is 0.00000123. The lowest BCUT2D eigenvalue weighted by Crippen LogP contribution is -2.42. The number of nitrogens with one attached hydrogen (secondary N) is 1. The second-order valence-electron chi connectivity index (χ2n) is 10.9. The Kier molecular flexibility index (Phi) is 9.99. The van der Waals surface area contributed by atoms with Gasteiger partial charge in [-0.15, -0.1) is 0 Å². The first-order chi connectivity index (χ1) is 21.4. The number of rotatable bonds is 7. The Morgan fingerprint density at radius 3 is 2.59 bits per heavy atom. The summed E-state index contributed by atoms with van der Waals surface area (Å²) in [4.78, 5) is 6.58. The van der Waals surface area contributed by atoms with E-state index in [-0.39, 0.29) is 17.3 Å². The lowest BCUT2D eigenvalue weighted by molar-refractivity contribution is 0.114. The molecule has 0 saturated heterocycles. The first kappa shape index (κ1) is 31.2. The molecule has 1 fully saturated rings. The van der Waals surface area contributed by atoms with Gasteiger partial charge >= 0.3 is 0 Å². The van der Waals surface area contributed by atoms with Gasteiger partial charge < -0.3 is 20.3 Å². The van der Waals surface area contributed by atoms with E-state index in [1.165, 1.54) is 22.3 Å². The minimum atomic E-state index is -1.25. The molecule has 1 atom stereocenters. The Hall–Kier alpha value is -4.19. The van der Waals surface area contributed by atoms with Gasteiger partial charge in [0.05, 0.1) is 36.9 Å². The molecule has 0 spiro atoms. The summed E-state index contributed by atoms with van der Waals surface area (Å²) in [5, 5.41) is 37.9. The zero-order chi connectivity index (χ0) is 31.2. The van der Waals surface area contributed by atoms with Crippen LogP contribution in [0.2, 0.25) is 0 Å². The number of hydrogen-bond acceptors (Lipinski definition) is 9. The van der Waals surface area contributed by atoms with E-state index in [4.69, 9.17) is 20.2 Å². The van der Waals surface area contributed by atoms with Crippen molar-refractivity contribution in [3.8, 4) is 23.2 Å². The number of alkyl halides is 1. The van der Waals surface area contributed by atoms with Gasteiger partial charge in [-0.25, -0.2) is 17.7 Å². The molecule has 2 aliphatic rings. The molecule has 5 heterocycles. The molecule has 6 rings (SSSR count). The van der Waals surface area contributed by atoms with Crippen molar-refractivity contribution >= 4 is 5.52 Å². The van der Waals surface area contributed by atoms with Crippen LogP contribution in [0.1, 0.15) is 48.7 Å². The fourth-order valence-corrected chi connectivity index (χ4v) is 6.18. The molecular weight excluding hydrogens is 577 g/mol. The molecule has 1 aliphatic carbocycles. The van der Waals surface area contributed by atoms with Crippen LogP contribution < -0.4 is 10.1 Å². The van der Waals surface area contributed by atoms with Crippen molar-refractivity contribution in [1.29, 1.82) is 5.26 Å². The maximum absolute atomic E-state index is 14.8. The zero-order valence-electron chi connectivity index (χ0n) is 24.3. The van der Waals surface area contributed by atoms with Gasteiger partial charge in [-0.05, 0) is 56.4 Å². The quantitative estimate of drug-likeness (QED) is 0.212. The summed E-state index contributed by atoms with van der Waals surface area (Å²) in [6, 6.07) is 5.18. The highest BCUT2D eigenvalue weighted by Crippen LogP contribution is 2.35. The molecule has 4 aromatic rings. The minimum Gasteiger partial charge on any atom is -0.479 e. The number of aromatic nitrogens is 5. The highest BCUT2D eigenvalue weighted by molar-refractivity contribution is 5.71. The smallest absolute Gasteiger partial charge is 0.185 e. The van der Waals surface area contributed by atoms with Crippen LogP contribution in [0.4, 0.5) is 13.2 Å². The Morgan fingerprint density at radius 2 is 1.91 bits per heavy atom. The predicted molar refractivity (Wildman–Crippen MR) is 154 cm³/mol. The summed E-state index contributed by atoms with van der Waals surface area (Å²) in [7, 11) is 0. The van der Waals surface area contributed by atoms with E-state index < -0.39 is 31.2 Å². The Bertz CT molecular complexity index is 1600. The molecule has 0 radical (unpaired) electrons. The maximum atomic E-state index is 14.8. The van der Waals surface area contributed by atoms with Gasteiger partial charge in [-0.3, -0.25) is 14.6 Å². The summed E-state index contributed by atoms with van der Waals surface area (Å²) >= 11 is 0. The van der Waals surface area contributed by atoms with Crippen LogP contribution in [-0.4, -0.2) is 78.1 Å². The van der Waals surface area contributed by atoms with Crippen molar-refractivity contribution in [2.24, 2.45) is 0 Å².